The van der Waals surface area contributed by atoms with Gasteiger partial charge in [-0.05, 0) is 12.1 Å². The Morgan fingerprint density at radius 3 is 1.42 bits per heavy atom. The summed E-state index contributed by atoms with van der Waals surface area (Å²) in [6.45, 7) is 11.0. The molecule has 0 aromatic heterocycles. The number of halogens is 2. The Morgan fingerprint density at radius 1 is 0.667 bits per heavy atom. The number of ether oxygens (including phenoxy) is 3. The molecule has 0 saturated heterocycles. The van der Waals surface area contributed by atoms with E-state index in [0.29, 0.717) is 84.6 Å². The van der Waals surface area contributed by atoms with Gasteiger partial charge >= 0.3 is 12.2 Å². The van der Waals surface area contributed by atoms with Crippen LogP contribution < -0.4 is 27.3 Å². The fourth-order valence-electron chi connectivity index (χ4n) is 3.97. The Bertz CT molecular complexity index is 1300. The molecule has 20 nitrogen and oxygen atoms in total. The van der Waals surface area contributed by atoms with Gasteiger partial charge < -0.3 is 56.3 Å². The van der Waals surface area contributed by atoms with Crippen LogP contribution >= 0.6 is 23.2 Å². The summed E-state index contributed by atoms with van der Waals surface area (Å²) >= 11 is 9.53. The van der Waals surface area contributed by atoms with E-state index in [-0.39, 0.29) is 60.2 Å². The number of carbonyl (C=O) groups excluding carboxylic acids is 6. The highest BCUT2D eigenvalue weighted by Crippen LogP contribution is 2.17. The minimum absolute atomic E-state index is 0.0215. The second-order valence-corrected chi connectivity index (χ2v) is 12.1. The number of likely N-dealkylation sites (N-methyl/N-ethyl adjacent to an activating group) is 2. The number of rotatable bonds is 21. The third kappa shape index (κ3) is 30.3. The highest BCUT2D eigenvalue weighted by atomic mass is 35.5. The maximum absolute atomic E-state index is 12.0. The predicted molar refractivity (Wildman–Crippen MR) is 218 cm³/mol. The molecule has 0 heterocycles. The summed E-state index contributed by atoms with van der Waals surface area (Å²) in [5.41, 5.74) is 14.9. The van der Waals surface area contributed by atoms with Crippen LogP contribution in [0.1, 0.15) is 53.4 Å². The average molecular weight is 857 g/mol. The molecule has 0 aliphatic rings. The van der Waals surface area contributed by atoms with E-state index in [1.165, 1.54) is 29.2 Å². The van der Waals surface area contributed by atoms with E-state index in [1.807, 2.05) is 0 Å². The zero-order chi connectivity index (χ0) is 44.2. The van der Waals surface area contributed by atoms with E-state index < -0.39 is 17.2 Å². The number of alkyl halides is 2. The first-order valence-electron chi connectivity index (χ1n) is 18.3. The Hall–Kier alpha value is -4.50. The fraction of sp³-hybridized carbons (Fsp3) is 0.657. The number of hydrogen-bond acceptors (Lipinski definition) is 14. The lowest BCUT2D eigenvalue weighted by atomic mass is 10.3. The van der Waals surface area contributed by atoms with Gasteiger partial charge in [0.1, 0.15) is 19.0 Å². The minimum atomic E-state index is -0.976. The zero-order valence-electron chi connectivity index (χ0n) is 34.0. The number of nitrogens with two attached hydrogens (primary N) is 3. The second kappa shape index (κ2) is 37.1. The van der Waals surface area contributed by atoms with Crippen molar-refractivity contribution in [2.45, 2.75) is 53.4 Å². The third-order valence-corrected chi connectivity index (χ3v) is 7.18. The largest absolute Gasteiger partial charge is 0.513 e. The van der Waals surface area contributed by atoms with Crippen LogP contribution in [-0.4, -0.2) is 158 Å². The maximum atomic E-state index is 12.0. The molecule has 0 bridgehead atoms. The van der Waals surface area contributed by atoms with Gasteiger partial charge in [0.2, 0.25) is 23.6 Å². The number of benzene rings is 1. The van der Waals surface area contributed by atoms with Crippen LogP contribution in [0.4, 0.5) is 15.3 Å². The Kier molecular flexibility index (Phi) is 37.0. The number of nitro groups is 1. The van der Waals surface area contributed by atoms with Crippen molar-refractivity contribution in [3.63, 3.8) is 0 Å². The van der Waals surface area contributed by atoms with E-state index in [1.54, 1.807) is 56.5 Å². The smallest absolute Gasteiger partial charge is 0.448 e. The van der Waals surface area contributed by atoms with Crippen molar-refractivity contribution in [3.05, 3.63) is 34.4 Å². The topological polar surface area (TPSA) is 276 Å². The van der Waals surface area contributed by atoms with Crippen molar-refractivity contribution in [3.8, 4) is 5.75 Å². The number of amides is 5. The van der Waals surface area contributed by atoms with Crippen LogP contribution in [0.15, 0.2) is 24.3 Å². The van der Waals surface area contributed by atoms with Crippen LogP contribution in [0.25, 0.3) is 0 Å². The van der Waals surface area contributed by atoms with Gasteiger partial charge in [0.05, 0.1) is 23.4 Å². The quantitative estimate of drug-likeness (QED) is 0.0454. The zero-order valence-corrected chi connectivity index (χ0v) is 35.6. The van der Waals surface area contributed by atoms with Crippen molar-refractivity contribution in [1.29, 1.82) is 0 Å². The number of alkyl carbamates (subject to hydrolysis) is 1. The van der Waals surface area contributed by atoms with Crippen molar-refractivity contribution in [2.24, 2.45) is 17.2 Å². The molecule has 328 valence electrons. The molecular formula is C35H63Cl2N9O11. The fourth-order valence-corrected chi connectivity index (χ4v) is 3.97. The van der Waals surface area contributed by atoms with Gasteiger partial charge in [-0.1, -0.05) is 27.7 Å². The van der Waals surface area contributed by atoms with Gasteiger partial charge in [-0.2, -0.15) is 0 Å². The molecule has 7 N–H and O–H groups in total. The molecule has 0 aliphatic heterocycles. The summed E-state index contributed by atoms with van der Waals surface area (Å²) in [7, 11) is 3.37. The molecule has 0 unspecified atom stereocenters. The van der Waals surface area contributed by atoms with Crippen LogP contribution in [0, 0.1) is 10.1 Å². The van der Waals surface area contributed by atoms with E-state index in [4.69, 9.17) is 54.6 Å². The lowest BCUT2D eigenvalue weighted by Gasteiger charge is -2.25. The summed E-state index contributed by atoms with van der Waals surface area (Å²) in [6, 6.07) is 4.98. The summed E-state index contributed by atoms with van der Waals surface area (Å²) in [5.74, 6) is -0.0436. The van der Waals surface area contributed by atoms with Gasteiger partial charge in [-0.25, -0.2) is 9.59 Å². The highest BCUT2D eigenvalue weighted by Gasteiger charge is 2.17. The minimum Gasteiger partial charge on any atom is -0.448 e. The molecule has 0 saturated carbocycles. The molecule has 22 heteroatoms. The first-order valence-corrected chi connectivity index (χ1v) is 19.4. The van der Waals surface area contributed by atoms with E-state index in [2.05, 4.69) is 5.32 Å². The number of nitrogens with zero attached hydrogens (tertiary/aromatic N) is 5. The standard InChI is InChI=1S/C18H25N3O7.C14H28N4O4.C2H8N2.CH2Cl2/c1-4-16(22)19(3)10-11-20(17(23)5-2)12-13-27-18(24)28-15-8-6-14(7-9-15)21(25)26;1-4-12(19)17(3)8-9-18(13(20)5-2)10-11-22-14(21)16-7-6-15;3-1-2-4;2-1-3/h6-9H,4-5,10-13H2,1-3H3;4-11,15H2,1-3H3,(H,16,21);1-4H2;1H2. The number of hydrogen-bond donors (Lipinski definition) is 4. The maximum Gasteiger partial charge on any atom is 0.513 e. The lowest BCUT2D eigenvalue weighted by molar-refractivity contribution is -0.384. The molecule has 1 aromatic carbocycles. The van der Waals surface area contributed by atoms with E-state index >= 15 is 0 Å². The van der Waals surface area contributed by atoms with E-state index in [9.17, 15) is 38.9 Å². The first kappa shape index (κ1) is 56.8. The van der Waals surface area contributed by atoms with Gasteiger partial charge in [0, 0.05) is 104 Å². The summed E-state index contributed by atoms with van der Waals surface area (Å²) in [6.07, 6.45) is -0.0502. The van der Waals surface area contributed by atoms with Crippen LogP contribution in [0.5, 0.6) is 5.75 Å². The van der Waals surface area contributed by atoms with Gasteiger partial charge in [0.15, 0.2) is 0 Å². The molecule has 57 heavy (non-hydrogen) atoms. The summed E-state index contributed by atoms with van der Waals surface area (Å²) in [4.78, 5) is 86.2. The number of non-ortho nitro benzene ring substituents is 1. The van der Waals surface area contributed by atoms with Crippen LogP contribution in [0.3, 0.4) is 0 Å². The van der Waals surface area contributed by atoms with Crippen molar-refractivity contribution in [2.75, 3.05) is 98.1 Å². The molecule has 0 radical (unpaired) electrons. The number of nitrogens with one attached hydrogen (secondary N) is 1. The van der Waals surface area contributed by atoms with Crippen molar-refractivity contribution < 1.29 is 47.9 Å². The van der Waals surface area contributed by atoms with Gasteiger partial charge in [0.25, 0.3) is 5.69 Å². The van der Waals surface area contributed by atoms with Crippen molar-refractivity contribution in [1.82, 2.24) is 24.9 Å². The van der Waals surface area contributed by atoms with Crippen LogP contribution in [0.2, 0.25) is 0 Å². The van der Waals surface area contributed by atoms with Gasteiger partial charge in [-0.15, -0.1) is 23.2 Å². The third-order valence-electron chi connectivity index (χ3n) is 7.18. The normalized spacial score (nSPS) is 9.67. The molecular weight excluding hydrogens is 793 g/mol. The Labute approximate surface area is 345 Å². The Morgan fingerprint density at radius 2 is 1.07 bits per heavy atom. The molecule has 0 spiro atoms. The number of nitro benzene ring substituents is 1. The molecule has 1 rings (SSSR count). The molecule has 0 fully saturated rings. The highest BCUT2D eigenvalue weighted by molar-refractivity contribution is 6.40. The summed E-state index contributed by atoms with van der Waals surface area (Å²) < 4.78 is 14.8. The molecule has 0 atom stereocenters. The first-order chi connectivity index (χ1) is 27.1. The predicted octanol–water partition coefficient (Wildman–Crippen LogP) is 2.32. The monoisotopic (exact) mass is 855 g/mol. The molecule has 0 aliphatic carbocycles. The van der Waals surface area contributed by atoms with E-state index in [0.717, 1.165) is 0 Å². The van der Waals surface area contributed by atoms with Crippen molar-refractivity contribution >= 4 is 64.8 Å². The molecule has 5 amide bonds. The SMILES string of the molecule is CCC(=O)N(C)CCN(CCOC(=O)NCCN)C(=O)CC.CCC(=O)N(C)CCN(CCOC(=O)Oc1ccc([N+](=O)[O-])cc1)C(=O)CC.ClCCl.NCCN. The lowest BCUT2D eigenvalue weighted by Crippen LogP contribution is -2.41. The number of carbonyl (C=O) groups is 6. The van der Waals surface area contributed by atoms with Crippen LogP contribution in [-0.2, 0) is 28.7 Å². The summed E-state index contributed by atoms with van der Waals surface area (Å²) in [5, 5.41) is 13.3. The average Bonchev–Trinajstić information content (AvgIpc) is 3.21. The molecule has 1 aromatic rings. The van der Waals surface area contributed by atoms with Gasteiger partial charge in [-0.3, -0.25) is 29.3 Å². The Balaban J connectivity index is -0.000000896. The second-order valence-electron chi connectivity index (χ2n) is 11.3.